The number of phosphoric acid groups is 2. The average molecular weight is 404 g/mol. The number of hydrogen-bond acceptors (Lipinski definition) is 6. The van der Waals surface area contributed by atoms with Gasteiger partial charge in [0.15, 0.2) is 12.4 Å². The van der Waals surface area contributed by atoms with Gasteiger partial charge in [0.1, 0.15) is 0 Å². The van der Waals surface area contributed by atoms with E-state index >= 15 is 0 Å². The second-order valence-electron chi connectivity index (χ2n) is 3.75. The van der Waals surface area contributed by atoms with Gasteiger partial charge in [0, 0.05) is 24.5 Å². The average Bonchev–Trinajstić information content (AvgIpc) is 2.54. The van der Waals surface area contributed by atoms with E-state index in [1.54, 1.807) is 49.1 Å². The van der Waals surface area contributed by atoms with Crippen LogP contribution in [0, 0.1) is 22.7 Å². The van der Waals surface area contributed by atoms with Gasteiger partial charge < -0.3 is 29.4 Å². The smallest absolute Gasteiger partial charge is 0.466 e. The summed E-state index contributed by atoms with van der Waals surface area (Å²) in [5, 5.41) is 16.5. The van der Waals surface area contributed by atoms with E-state index in [1.807, 2.05) is 12.1 Å². The van der Waals surface area contributed by atoms with Crippen LogP contribution in [0.2, 0.25) is 0 Å². The van der Waals surface area contributed by atoms with Crippen LogP contribution < -0.4 is 9.88 Å². The number of hydrogen-bond donors (Lipinski definition) is 5. The van der Waals surface area contributed by atoms with Crippen LogP contribution in [0.4, 0.5) is 0 Å². The molecule has 2 rings (SSSR count). The summed E-state index contributed by atoms with van der Waals surface area (Å²) in [6.45, 7) is 0. The lowest BCUT2D eigenvalue weighted by Gasteiger charge is -2.01. The maximum atomic E-state index is 8.88. The van der Waals surface area contributed by atoms with Gasteiger partial charge in [-0.2, -0.15) is 10.5 Å². The van der Waals surface area contributed by atoms with Crippen molar-refractivity contribution in [1.82, 2.24) is 4.98 Å². The van der Waals surface area contributed by atoms with Crippen LogP contribution in [0.1, 0.15) is 11.1 Å². The number of nitrogens with one attached hydrogen (secondary N) is 1. The van der Waals surface area contributed by atoms with Crippen molar-refractivity contribution < 1.29 is 43.5 Å². The number of rotatable bonds is 0. The number of aromatic nitrogens is 2. The molecule has 2 heterocycles. The summed E-state index contributed by atoms with van der Waals surface area (Å²) < 4.78 is 17.7. The Morgan fingerprint density at radius 3 is 1.42 bits per heavy atom. The Hall–Kier alpha value is -2.50. The number of H-pyrrole nitrogens is 1. The van der Waals surface area contributed by atoms with E-state index in [0.717, 1.165) is 0 Å². The molecule has 14 heteroatoms. The first-order valence-corrected chi connectivity index (χ1v) is 9.17. The Balaban J connectivity index is 0. The highest BCUT2D eigenvalue weighted by Crippen LogP contribution is 2.25. The molecule has 140 valence electrons. The third-order valence-corrected chi connectivity index (χ3v) is 1.66. The van der Waals surface area contributed by atoms with Gasteiger partial charge in [-0.3, -0.25) is 9.55 Å². The minimum atomic E-state index is -4.89. The zero-order valence-electron chi connectivity index (χ0n) is 12.8. The summed E-state index contributed by atoms with van der Waals surface area (Å²) in [6.07, 6.45) is 6.63. The summed E-state index contributed by atoms with van der Waals surface area (Å²) in [6, 6.07) is 10.8. The van der Waals surface area contributed by atoms with Gasteiger partial charge in [0.2, 0.25) is 0 Å². The molecule has 2 aromatic rings. The van der Waals surface area contributed by atoms with E-state index in [-0.39, 0.29) is 0 Å². The molecule has 0 aromatic carbocycles. The summed E-state index contributed by atoms with van der Waals surface area (Å²) in [4.78, 5) is 51.0. The lowest BCUT2D eigenvalue weighted by Crippen LogP contribution is -1.96. The van der Waals surface area contributed by atoms with Crippen molar-refractivity contribution in [2.45, 2.75) is 0 Å². The summed E-state index contributed by atoms with van der Waals surface area (Å²) >= 11 is 0. The number of nitriles is 2. The minimum Gasteiger partial charge on any atom is -0.756 e. The largest absolute Gasteiger partial charge is 0.756 e. The second kappa shape index (κ2) is 13.8. The molecule has 0 saturated heterocycles. The fraction of sp³-hybridized carbons (Fsp3) is 0. The molecule has 0 saturated carbocycles. The van der Waals surface area contributed by atoms with Crippen molar-refractivity contribution >= 4 is 15.6 Å². The SMILES string of the molecule is N#Cc1cc[nH+]cc1.N#Cc1ccncc1.O=P(O)(O)O.O=P([O-])(O)O. The first-order chi connectivity index (χ1) is 11.9. The van der Waals surface area contributed by atoms with Crippen molar-refractivity contribution in [2.75, 3.05) is 0 Å². The first-order valence-electron chi connectivity index (χ1n) is 6.08. The Morgan fingerprint density at radius 1 is 0.885 bits per heavy atom. The van der Waals surface area contributed by atoms with Crippen LogP contribution in [0.15, 0.2) is 49.1 Å². The van der Waals surface area contributed by atoms with Crippen molar-refractivity contribution in [3.63, 3.8) is 0 Å². The van der Waals surface area contributed by atoms with E-state index in [1.165, 1.54) is 0 Å². The molecule has 0 aliphatic rings. The molecule has 0 aliphatic heterocycles. The van der Waals surface area contributed by atoms with Crippen molar-refractivity contribution in [3.05, 3.63) is 60.2 Å². The van der Waals surface area contributed by atoms with Crippen LogP contribution >= 0.6 is 15.6 Å². The first kappa shape index (κ1) is 25.7. The topological polar surface area (TPSA) is 233 Å². The van der Waals surface area contributed by atoms with E-state index in [4.69, 9.17) is 49.0 Å². The van der Waals surface area contributed by atoms with Crippen LogP contribution in [0.25, 0.3) is 0 Å². The molecule has 0 bridgehead atoms. The monoisotopic (exact) mass is 404 g/mol. The zero-order valence-corrected chi connectivity index (χ0v) is 14.6. The van der Waals surface area contributed by atoms with Crippen LogP contribution in [0.3, 0.4) is 0 Å². The molecule has 6 N–H and O–H groups in total. The summed E-state index contributed by atoms with van der Waals surface area (Å²) in [7, 11) is -9.53. The zero-order chi connectivity index (χ0) is 20.6. The van der Waals surface area contributed by atoms with Gasteiger partial charge in [0.25, 0.3) is 7.82 Å². The highest BCUT2D eigenvalue weighted by atomic mass is 31.2. The van der Waals surface area contributed by atoms with Crippen LogP contribution in [-0.4, -0.2) is 29.5 Å². The Labute approximate surface area is 147 Å². The highest BCUT2D eigenvalue weighted by Gasteiger charge is 2.00. The van der Waals surface area contributed by atoms with Gasteiger partial charge in [-0.1, -0.05) is 0 Å². The van der Waals surface area contributed by atoms with Gasteiger partial charge >= 0.3 is 7.82 Å². The minimum absolute atomic E-state index is 0.653. The maximum absolute atomic E-state index is 8.88. The predicted molar refractivity (Wildman–Crippen MR) is 83.0 cm³/mol. The van der Waals surface area contributed by atoms with E-state index < -0.39 is 15.6 Å². The van der Waals surface area contributed by atoms with Crippen LogP contribution in [-0.2, 0) is 9.13 Å². The highest BCUT2D eigenvalue weighted by molar-refractivity contribution is 7.45. The fourth-order valence-corrected chi connectivity index (χ4v) is 0.888. The van der Waals surface area contributed by atoms with E-state index in [0.29, 0.717) is 11.1 Å². The molecule has 0 unspecified atom stereocenters. The third-order valence-electron chi connectivity index (χ3n) is 1.66. The lowest BCUT2D eigenvalue weighted by molar-refractivity contribution is -0.378. The molecule has 0 spiro atoms. The van der Waals surface area contributed by atoms with Gasteiger partial charge in [-0.15, -0.1) is 0 Å². The molecule has 0 atom stereocenters. The number of aromatic amines is 1. The van der Waals surface area contributed by atoms with Crippen molar-refractivity contribution in [2.24, 2.45) is 0 Å². The molecule has 0 amide bonds. The number of nitrogens with zero attached hydrogens (tertiary/aromatic N) is 3. The van der Waals surface area contributed by atoms with Gasteiger partial charge in [-0.05, 0) is 12.1 Å². The molecule has 0 aliphatic carbocycles. The van der Waals surface area contributed by atoms with Gasteiger partial charge in [-0.25, -0.2) is 9.55 Å². The Morgan fingerprint density at radius 2 is 1.19 bits per heavy atom. The normalized spacial score (nSPS) is 9.38. The molecule has 12 nitrogen and oxygen atoms in total. The summed E-state index contributed by atoms with van der Waals surface area (Å²) in [5.74, 6) is 0. The fourth-order valence-electron chi connectivity index (χ4n) is 0.888. The lowest BCUT2D eigenvalue weighted by atomic mass is 10.3. The second-order valence-corrected chi connectivity index (χ2v) is 5.76. The summed E-state index contributed by atoms with van der Waals surface area (Å²) in [5.41, 5.74) is 1.34. The van der Waals surface area contributed by atoms with Crippen molar-refractivity contribution in [3.8, 4) is 12.1 Å². The maximum Gasteiger partial charge on any atom is 0.466 e. The molecular formula is C12H14N4O8P2. The van der Waals surface area contributed by atoms with Crippen molar-refractivity contribution in [1.29, 1.82) is 10.5 Å². The van der Waals surface area contributed by atoms with E-state index in [2.05, 4.69) is 9.97 Å². The molecule has 0 radical (unpaired) electrons. The Bertz CT molecular complexity index is 709. The standard InChI is InChI=1S/2C6H4N2.2H3O4P/c2*7-5-6-1-3-8-4-2-6;2*1-5(2,3)4/h2*1-4H;2*(H3,1,2,3,4). The predicted octanol–water partition coefficient (Wildman–Crippen LogP) is -1.16. The molecule has 26 heavy (non-hydrogen) atoms. The van der Waals surface area contributed by atoms with E-state index in [9.17, 15) is 0 Å². The quantitative estimate of drug-likeness (QED) is 0.328. The molecule has 2 aromatic heterocycles. The molecular weight excluding hydrogens is 390 g/mol. The molecule has 0 fully saturated rings. The Kier molecular flexibility index (Phi) is 13.6. The third kappa shape index (κ3) is 29.5. The van der Waals surface area contributed by atoms with Gasteiger partial charge in [0.05, 0.1) is 23.3 Å². The number of pyridine rings is 2. The van der Waals surface area contributed by atoms with Crippen LogP contribution in [0.5, 0.6) is 0 Å².